The van der Waals surface area contributed by atoms with Crippen LogP contribution in [-0.2, 0) is 9.53 Å². The topological polar surface area (TPSA) is 53.6 Å². The van der Waals surface area contributed by atoms with Crippen molar-refractivity contribution in [3.8, 4) is 0 Å². The molecule has 2 fully saturated rings. The highest BCUT2D eigenvalue weighted by molar-refractivity contribution is 5.85. The first-order chi connectivity index (χ1) is 9.87. The number of hydrogen-bond acceptors (Lipinski definition) is 4. The summed E-state index contributed by atoms with van der Waals surface area (Å²) in [5, 5.41) is 6.49. The van der Waals surface area contributed by atoms with Gasteiger partial charge in [-0.25, -0.2) is 0 Å². The number of nitrogens with zero attached hydrogens (tertiary/aromatic N) is 1. The van der Waals surface area contributed by atoms with E-state index in [1.807, 2.05) is 0 Å². The van der Waals surface area contributed by atoms with Gasteiger partial charge in [0.15, 0.2) is 0 Å². The second-order valence-corrected chi connectivity index (χ2v) is 7.25. The van der Waals surface area contributed by atoms with Gasteiger partial charge in [-0.3, -0.25) is 9.69 Å². The Bertz CT molecular complexity index is 353. The van der Waals surface area contributed by atoms with Gasteiger partial charge in [0.05, 0.1) is 12.2 Å². The van der Waals surface area contributed by atoms with Gasteiger partial charge < -0.3 is 15.4 Å². The van der Waals surface area contributed by atoms with E-state index in [4.69, 9.17) is 4.74 Å². The Kier molecular flexibility index (Phi) is 10.0. The lowest BCUT2D eigenvalue weighted by molar-refractivity contribution is -0.123. The fourth-order valence-electron chi connectivity index (χ4n) is 3.33. The number of nitrogens with one attached hydrogen (secondary N) is 2. The number of amides is 1. The predicted molar refractivity (Wildman–Crippen MR) is 98.8 cm³/mol. The van der Waals surface area contributed by atoms with Gasteiger partial charge in [-0.2, -0.15) is 0 Å². The van der Waals surface area contributed by atoms with Gasteiger partial charge in [0, 0.05) is 37.6 Å². The molecule has 0 bridgehead atoms. The molecule has 0 radical (unpaired) electrons. The number of hydrogen-bond donors (Lipinski definition) is 2. The minimum atomic E-state index is -0.0366. The quantitative estimate of drug-likeness (QED) is 0.777. The Morgan fingerprint density at radius 3 is 2.39 bits per heavy atom. The molecule has 2 saturated heterocycles. The van der Waals surface area contributed by atoms with Gasteiger partial charge in [0.2, 0.25) is 5.91 Å². The van der Waals surface area contributed by atoms with Gasteiger partial charge in [0.1, 0.15) is 0 Å². The van der Waals surface area contributed by atoms with Crippen LogP contribution in [0.1, 0.15) is 47.0 Å². The molecule has 0 aromatic heterocycles. The molecule has 138 valence electrons. The molecule has 0 saturated carbocycles. The van der Waals surface area contributed by atoms with Crippen molar-refractivity contribution >= 4 is 30.7 Å². The van der Waals surface area contributed by atoms with Crippen LogP contribution in [0.4, 0.5) is 0 Å². The Labute approximate surface area is 153 Å². The summed E-state index contributed by atoms with van der Waals surface area (Å²) in [4.78, 5) is 14.5. The average molecular weight is 370 g/mol. The van der Waals surface area contributed by atoms with E-state index in [9.17, 15) is 4.79 Å². The van der Waals surface area contributed by atoms with Crippen LogP contribution in [0.15, 0.2) is 0 Å². The summed E-state index contributed by atoms with van der Waals surface area (Å²) in [5.41, 5.74) is -0.0366. The third kappa shape index (κ3) is 7.14. The lowest BCUT2D eigenvalue weighted by Gasteiger charge is -2.45. The molecule has 0 spiro atoms. The lowest BCUT2D eigenvalue weighted by Crippen LogP contribution is -2.58. The van der Waals surface area contributed by atoms with Crippen molar-refractivity contribution in [2.75, 3.05) is 26.2 Å². The van der Waals surface area contributed by atoms with Crippen molar-refractivity contribution in [2.45, 2.75) is 70.7 Å². The van der Waals surface area contributed by atoms with Crippen LogP contribution in [-0.4, -0.2) is 60.8 Å². The number of carbonyl (C=O) groups excluding carboxylic acids is 1. The third-order valence-corrected chi connectivity index (χ3v) is 4.59. The monoisotopic (exact) mass is 369 g/mol. The second-order valence-electron chi connectivity index (χ2n) is 7.25. The number of rotatable bonds is 5. The molecule has 5 nitrogen and oxygen atoms in total. The summed E-state index contributed by atoms with van der Waals surface area (Å²) in [6.07, 6.45) is 3.42. The van der Waals surface area contributed by atoms with E-state index in [1.165, 1.54) is 6.42 Å². The number of carbonyl (C=O) groups is 1. The SMILES string of the molecule is CC1CN(C(C)(C)CNC(=O)CC2CCCN2)CC(C)O1.Cl.Cl. The maximum atomic E-state index is 12.1. The van der Waals surface area contributed by atoms with Gasteiger partial charge in [0.25, 0.3) is 0 Å². The molecule has 0 aliphatic carbocycles. The van der Waals surface area contributed by atoms with Crippen molar-refractivity contribution in [3.63, 3.8) is 0 Å². The second kappa shape index (κ2) is 10.0. The zero-order valence-electron chi connectivity index (χ0n) is 14.8. The van der Waals surface area contributed by atoms with Gasteiger partial charge in [-0.05, 0) is 47.1 Å². The number of ether oxygens (including phenoxy) is 1. The van der Waals surface area contributed by atoms with Gasteiger partial charge in [-0.15, -0.1) is 24.8 Å². The van der Waals surface area contributed by atoms with Crippen molar-refractivity contribution in [2.24, 2.45) is 0 Å². The Morgan fingerprint density at radius 1 is 1.26 bits per heavy atom. The van der Waals surface area contributed by atoms with Crippen LogP contribution >= 0.6 is 24.8 Å². The molecule has 3 unspecified atom stereocenters. The van der Waals surface area contributed by atoms with E-state index in [0.29, 0.717) is 19.0 Å². The molecule has 7 heteroatoms. The predicted octanol–water partition coefficient (Wildman–Crippen LogP) is 1.98. The highest BCUT2D eigenvalue weighted by atomic mass is 35.5. The van der Waals surface area contributed by atoms with Crippen LogP contribution in [0, 0.1) is 0 Å². The van der Waals surface area contributed by atoms with Crippen molar-refractivity contribution in [3.05, 3.63) is 0 Å². The zero-order chi connectivity index (χ0) is 15.5. The summed E-state index contributed by atoms with van der Waals surface area (Å²) in [5.74, 6) is 0.164. The highest BCUT2D eigenvalue weighted by Gasteiger charge is 2.33. The van der Waals surface area contributed by atoms with Gasteiger partial charge >= 0.3 is 0 Å². The molecule has 2 aliphatic rings. The van der Waals surface area contributed by atoms with E-state index in [-0.39, 0.29) is 48.5 Å². The molecule has 2 heterocycles. The fraction of sp³-hybridized carbons (Fsp3) is 0.938. The third-order valence-electron chi connectivity index (χ3n) is 4.59. The first-order valence-corrected chi connectivity index (χ1v) is 8.27. The highest BCUT2D eigenvalue weighted by Crippen LogP contribution is 2.20. The molecule has 0 aromatic rings. The summed E-state index contributed by atoms with van der Waals surface area (Å²) in [7, 11) is 0. The van der Waals surface area contributed by atoms with Crippen LogP contribution in [0.25, 0.3) is 0 Å². The molecule has 3 atom stereocenters. The Balaban J connectivity index is 0.00000242. The lowest BCUT2D eigenvalue weighted by atomic mass is 10.00. The van der Waals surface area contributed by atoms with E-state index in [2.05, 4.69) is 43.2 Å². The summed E-state index contributed by atoms with van der Waals surface area (Å²) in [6, 6.07) is 0.372. The molecule has 23 heavy (non-hydrogen) atoms. The van der Waals surface area contributed by atoms with E-state index in [1.54, 1.807) is 0 Å². The van der Waals surface area contributed by atoms with Crippen molar-refractivity contribution in [1.29, 1.82) is 0 Å². The smallest absolute Gasteiger partial charge is 0.221 e. The molecule has 1 amide bonds. The summed E-state index contributed by atoms with van der Waals surface area (Å²) < 4.78 is 5.79. The first kappa shape index (κ1) is 22.9. The molecule has 2 N–H and O–H groups in total. The fourth-order valence-corrected chi connectivity index (χ4v) is 3.33. The first-order valence-electron chi connectivity index (χ1n) is 8.27. The number of morpholine rings is 1. The van der Waals surface area contributed by atoms with E-state index in [0.717, 1.165) is 26.1 Å². The van der Waals surface area contributed by atoms with Crippen LogP contribution in [0.3, 0.4) is 0 Å². The standard InChI is InChI=1S/C16H31N3O2.2ClH/c1-12-9-19(10-13(2)21-12)16(3,4)11-18-15(20)8-14-6-5-7-17-14;;/h12-14,17H,5-11H2,1-4H3,(H,18,20);2*1H. The van der Waals surface area contributed by atoms with Gasteiger partial charge in [-0.1, -0.05) is 0 Å². The molecular formula is C16H33Cl2N3O2. The van der Waals surface area contributed by atoms with Crippen molar-refractivity contribution < 1.29 is 9.53 Å². The molecule has 2 aliphatic heterocycles. The normalized spacial score (nSPS) is 28.6. The van der Waals surface area contributed by atoms with Crippen molar-refractivity contribution in [1.82, 2.24) is 15.5 Å². The zero-order valence-corrected chi connectivity index (χ0v) is 16.4. The average Bonchev–Trinajstić information content (AvgIpc) is 2.88. The summed E-state index contributed by atoms with van der Waals surface area (Å²) >= 11 is 0. The largest absolute Gasteiger partial charge is 0.373 e. The maximum Gasteiger partial charge on any atom is 0.221 e. The van der Waals surface area contributed by atoms with E-state index >= 15 is 0 Å². The van der Waals surface area contributed by atoms with E-state index < -0.39 is 0 Å². The Hall–Kier alpha value is -0.0700. The molecule has 0 aromatic carbocycles. The summed E-state index contributed by atoms with van der Waals surface area (Å²) in [6.45, 7) is 12.2. The number of halogens is 2. The maximum absolute atomic E-state index is 12.1. The van der Waals surface area contributed by atoms with Crippen LogP contribution in [0.5, 0.6) is 0 Å². The Morgan fingerprint density at radius 2 is 1.87 bits per heavy atom. The van der Waals surface area contributed by atoms with Crippen LogP contribution < -0.4 is 10.6 Å². The minimum absolute atomic E-state index is 0. The molecule has 2 rings (SSSR count). The van der Waals surface area contributed by atoms with Crippen LogP contribution in [0.2, 0.25) is 0 Å². The molecular weight excluding hydrogens is 337 g/mol. The minimum Gasteiger partial charge on any atom is -0.373 e.